The number of amides is 1. The van der Waals surface area contributed by atoms with Gasteiger partial charge < -0.3 is 4.90 Å². The van der Waals surface area contributed by atoms with Crippen molar-refractivity contribution in [3.05, 3.63) is 35.4 Å². The van der Waals surface area contributed by atoms with Crippen molar-refractivity contribution in [3.8, 4) is 0 Å². The Bertz CT molecular complexity index is 544. The van der Waals surface area contributed by atoms with Gasteiger partial charge >= 0.3 is 0 Å². The summed E-state index contributed by atoms with van der Waals surface area (Å²) in [7, 11) is 0. The van der Waals surface area contributed by atoms with Crippen LogP contribution in [0.5, 0.6) is 0 Å². The minimum absolute atomic E-state index is 0.195. The second-order valence-electron chi connectivity index (χ2n) is 8.71. The number of carbonyl (C=O) groups is 1. The van der Waals surface area contributed by atoms with Crippen LogP contribution in [0.1, 0.15) is 76.8 Å². The molecule has 0 aliphatic carbocycles. The predicted molar refractivity (Wildman–Crippen MR) is 105 cm³/mol. The average molecular weight is 348 g/mol. The molecule has 3 heteroatoms. The Morgan fingerprint density at radius 2 is 1.83 bits per heavy atom. The van der Waals surface area contributed by atoms with Gasteiger partial charge in [0, 0.05) is 18.7 Å². The lowest BCUT2D eigenvalue weighted by molar-refractivity contribution is -0.132. The molecular formula is C21H33NOS. The predicted octanol–water partition coefficient (Wildman–Crippen LogP) is 5.85. The number of hydrogen-bond acceptors (Lipinski definition) is 2. The van der Waals surface area contributed by atoms with E-state index in [2.05, 4.69) is 70.7 Å². The number of carbonyl (C=O) groups excluding carboxylic acids is 1. The monoisotopic (exact) mass is 347 g/mol. The fourth-order valence-electron chi connectivity index (χ4n) is 3.58. The fourth-order valence-corrected chi connectivity index (χ4v) is 4.86. The highest BCUT2D eigenvalue weighted by molar-refractivity contribution is 7.99. The molecule has 2 nitrogen and oxygen atoms in total. The molecule has 2 atom stereocenters. The molecule has 0 bridgehead atoms. The van der Waals surface area contributed by atoms with Gasteiger partial charge in [-0.3, -0.25) is 4.79 Å². The summed E-state index contributed by atoms with van der Waals surface area (Å²) < 4.78 is 0. The Morgan fingerprint density at radius 1 is 1.21 bits per heavy atom. The Labute approximate surface area is 152 Å². The van der Waals surface area contributed by atoms with Crippen LogP contribution in [0.15, 0.2) is 24.3 Å². The van der Waals surface area contributed by atoms with Crippen LogP contribution in [-0.4, -0.2) is 23.1 Å². The molecule has 2 unspecified atom stereocenters. The van der Waals surface area contributed by atoms with Gasteiger partial charge in [-0.2, -0.15) is 0 Å². The quantitative estimate of drug-likeness (QED) is 0.666. The second-order valence-corrected chi connectivity index (χ2v) is 9.89. The standard InChI is InChI=1S/C21H33NOS/c1-15(2)17-7-9-18(10-8-17)20-22(11-12-24-20)19(23)13-16(3)14-21(4,5)6/h7-10,15-16,20H,11-14H2,1-6H3. The van der Waals surface area contributed by atoms with Crippen molar-refractivity contribution in [1.29, 1.82) is 0 Å². The summed E-state index contributed by atoms with van der Waals surface area (Å²) >= 11 is 1.89. The zero-order valence-electron chi connectivity index (χ0n) is 16.1. The molecule has 0 radical (unpaired) electrons. The van der Waals surface area contributed by atoms with Crippen LogP contribution in [0.3, 0.4) is 0 Å². The third kappa shape index (κ3) is 5.27. The molecule has 0 spiro atoms. The molecule has 1 aliphatic rings. The minimum Gasteiger partial charge on any atom is -0.326 e. The average Bonchev–Trinajstić information content (AvgIpc) is 2.94. The lowest BCUT2D eigenvalue weighted by atomic mass is 9.84. The van der Waals surface area contributed by atoms with E-state index in [4.69, 9.17) is 0 Å². The molecule has 134 valence electrons. The van der Waals surface area contributed by atoms with E-state index in [0.717, 1.165) is 18.7 Å². The molecule has 0 aromatic heterocycles. The van der Waals surface area contributed by atoms with Crippen LogP contribution in [0, 0.1) is 11.3 Å². The maximum Gasteiger partial charge on any atom is 0.224 e. The number of benzene rings is 1. The number of thioether (sulfide) groups is 1. The van der Waals surface area contributed by atoms with Crippen molar-refractivity contribution in [2.45, 2.75) is 65.7 Å². The minimum atomic E-state index is 0.195. The van der Waals surface area contributed by atoms with E-state index >= 15 is 0 Å². The number of rotatable bonds is 5. The zero-order valence-corrected chi connectivity index (χ0v) is 17.0. The van der Waals surface area contributed by atoms with E-state index in [0.29, 0.717) is 24.2 Å². The molecule has 1 aromatic rings. The summed E-state index contributed by atoms with van der Waals surface area (Å²) in [6, 6.07) is 8.84. The number of hydrogen-bond donors (Lipinski definition) is 0. The summed E-state index contributed by atoms with van der Waals surface area (Å²) in [4.78, 5) is 14.9. The first kappa shape index (κ1) is 19.4. The van der Waals surface area contributed by atoms with E-state index in [1.807, 2.05) is 11.8 Å². The van der Waals surface area contributed by atoms with Crippen molar-refractivity contribution in [3.63, 3.8) is 0 Å². The molecule has 1 aromatic carbocycles. The Hall–Kier alpha value is -0.960. The summed E-state index contributed by atoms with van der Waals surface area (Å²) in [5, 5.41) is 0.195. The molecular weight excluding hydrogens is 314 g/mol. The van der Waals surface area contributed by atoms with E-state index in [-0.39, 0.29) is 10.8 Å². The summed E-state index contributed by atoms with van der Waals surface area (Å²) in [6.07, 6.45) is 1.76. The van der Waals surface area contributed by atoms with Gasteiger partial charge in [0.15, 0.2) is 0 Å². The molecule has 1 amide bonds. The van der Waals surface area contributed by atoms with Crippen molar-refractivity contribution >= 4 is 17.7 Å². The highest BCUT2D eigenvalue weighted by Gasteiger charge is 2.31. The molecule has 0 N–H and O–H groups in total. The van der Waals surface area contributed by atoms with Crippen molar-refractivity contribution in [2.24, 2.45) is 11.3 Å². The third-order valence-corrected chi connectivity index (χ3v) is 5.84. The topological polar surface area (TPSA) is 20.3 Å². The van der Waals surface area contributed by atoms with Gasteiger partial charge in [0.1, 0.15) is 5.37 Å². The normalized spacial score (nSPS) is 19.8. The molecule has 1 aliphatic heterocycles. The van der Waals surface area contributed by atoms with Crippen LogP contribution in [0.2, 0.25) is 0 Å². The second kappa shape index (κ2) is 7.95. The smallest absolute Gasteiger partial charge is 0.224 e. The first-order valence-corrected chi connectivity index (χ1v) is 10.2. The van der Waals surface area contributed by atoms with Crippen LogP contribution in [0.4, 0.5) is 0 Å². The Kier molecular flexibility index (Phi) is 6.41. The van der Waals surface area contributed by atoms with Crippen molar-refractivity contribution < 1.29 is 4.79 Å². The van der Waals surface area contributed by atoms with Gasteiger partial charge in [-0.15, -0.1) is 11.8 Å². The lowest BCUT2D eigenvalue weighted by Gasteiger charge is -2.28. The first-order chi connectivity index (χ1) is 11.2. The van der Waals surface area contributed by atoms with E-state index in [1.54, 1.807) is 0 Å². The maximum atomic E-state index is 12.8. The highest BCUT2D eigenvalue weighted by atomic mass is 32.2. The summed E-state index contributed by atoms with van der Waals surface area (Å²) in [5.74, 6) is 2.34. The molecule has 24 heavy (non-hydrogen) atoms. The van der Waals surface area contributed by atoms with Crippen molar-refractivity contribution in [2.75, 3.05) is 12.3 Å². The van der Waals surface area contributed by atoms with Gasteiger partial charge in [0.2, 0.25) is 5.91 Å². The SMILES string of the molecule is CC(CC(=O)N1CCSC1c1ccc(C(C)C)cc1)CC(C)(C)C. The van der Waals surface area contributed by atoms with E-state index in [1.165, 1.54) is 11.1 Å². The van der Waals surface area contributed by atoms with Crippen molar-refractivity contribution in [1.82, 2.24) is 4.90 Å². The molecule has 1 heterocycles. The van der Waals surface area contributed by atoms with Gasteiger partial charge in [-0.05, 0) is 34.8 Å². The van der Waals surface area contributed by atoms with Crippen LogP contribution in [-0.2, 0) is 4.79 Å². The zero-order chi connectivity index (χ0) is 17.9. The highest BCUT2D eigenvalue weighted by Crippen LogP contribution is 2.39. The van der Waals surface area contributed by atoms with Crippen LogP contribution >= 0.6 is 11.8 Å². The first-order valence-electron chi connectivity index (χ1n) is 9.18. The summed E-state index contributed by atoms with van der Waals surface area (Å²) in [5.41, 5.74) is 2.91. The number of nitrogens with zero attached hydrogens (tertiary/aromatic N) is 1. The van der Waals surface area contributed by atoms with Crippen LogP contribution < -0.4 is 0 Å². The van der Waals surface area contributed by atoms with Crippen LogP contribution in [0.25, 0.3) is 0 Å². The lowest BCUT2D eigenvalue weighted by Crippen LogP contribution is -2.32. The van der Waals surface area contributed by atoms with E-state index in [9.17, 15) is 4.79 Å². The molecule has 0 saturated carbocycles. The molecule has 1 saturated heterocycles. The van der Waals surface area contributed by atoms with E-state index < -0.39 is 0 Å². The van der Waals surface area contributed by atoms with Gasteiger partial charge in [-0.1, -0.05) is 65.8 Å². The van der Waals surface area contributed by atoms with Gasteiger partial charge in [0.25, 0.3) is 0 Å². The van der Waals surface area contributed by atoms with Gasteiger partial charge in [0.05, 0.1) is 0 Å². The third-order valence-electron chi connectivity index (χ3n) is 4.58. The maximum absolute atomic E-state index is 12.8. The largest absolute Gasteiger partial charge is 0.326 e. The van der Waals surface area contributed by atoms with Gasteiger partial charge in [-0.25, -0.2) is 0 Å². The Balaban J connectivity index is 2.03. The Morgan fingerprint density at radius 3 is 2.38 bits per heavy atom. The molecule has 1 fully saturated rings. The summed E-state index contributed by atoms with van der Waals surface area (Å²) in [6.45, 7) is 14.3. The molecule has 2 rings (SSSR count). The fraction of sp³-hybridized carbons (Fsp3) is 0.667.